The lowest BCUT2D eigenvalue weighted by atomic mass is 9.75. The lowest BCUT2D eigenvalue weighted by Crippen LogP contribution is -2.41. The van der Waals surface area contributed by atoms with Crippen molar-refractivity contribution in [3.63, 3.8) is 0 Å². The monoisotopic (exact) mass is 333 g/mol. The van der Waals surface area contributed by atoms with Gasteiger partial charge in [0.2, 0.25) is 0 Å². The largest absolute Gasteiger partial charge is 0.497 e. The topological polar surface area (TPSA) is 66.4 Å². The van der Waals surface area contributed by atoms with Crippen molar-refractivity contribution in [2.75, 3.05) is 27.4 Å². The number of hydrogen-bond donors (Lipinski definition) is 0. The molecule has 0 aliphatic carbocycles. The van der Waals surface area contributed by atoms with Gasteiger partial charge in [0.1, 0.15) is 11.9 Å². The average Bonchev–Trinajstić information content (AvgIpc) is 3.10. The molecule has 3 rings (SSSR count). The number of hydrogen-bond acceptors (Lipinski definition) is 6. The summed E-state index contributed by atoms with van der Waals surface area (Å²) in [6.45, 7) is 1.15. The predicted octanol–water partition coefficient (Wildman–Crippen LogP) is 2.55. The normalized spacial score (nSPS) is 22.4. The Morgan fingerprint density at radius 1 is 1.25 bits per heavy atom. The van der Waals surface area contributed by atoms with Gasteiger partial charge in [0.25, 0.3) is 0 Å². The molecule has 0 N–H and O–H groups in total. The first-order valence-electron chi connectivity index (χ1n) is 8.20. The van der Waals surface area contributed by atoms with E-state index >= 15 is 0 Å². The van der Waals surface area contributed by atoms with Crippen molar-refractivity contribution in [1.29, 1.82) is 0 Å². The number of benzene rings is 1. The Kier molecular flexibility index (Phi) is 5.04. The first-order valence-corrected chi connectivity index (χ1v) is 8.20. The number of ether oxygens (including phenoxy) is 3. The van der Waals surface area contributed by atoms with E-state index in [0.29, 0.717) is 38.9 Å². The molecule has 1 fully saturated rings. The van der Waals surface area contributed by atoms with Crippen LogP contribution in [0.25, 0.3) is 0 Å². The first kappa shape index (κ1) is 16.8. The van der Waals surface area contributed by atoms with Gasteiger partial charge < -0.3 is 19.0 Å². The van der Waals surface area contributed by atoms with Gasteiger partial charge in [-0.25, -0.2) is 0 Å². The predicted molar refractivity (Wildman–Crippen MR) is 88.1 cm³/mol. The highest BCUT2D eigenvalue weighted by Gasteiger charge is 2.44. The minimum Gasteiger partial charge on any atom is -0.497 e. The van der Waals surface area contributed by atoms with Gasteiger partial charge in [-0.15, -0.1) is 0 Å². The lowest BCUT2D eigenvalue weighted by molar-refractivity contribution is -0.162. The number of nitrogens with zero attached hydrogens (tertiary/aromatic N) is 1. The fraction of sp³-hybridized carbons (Fsp3) is 0.556. The maximum atomic E-state index is 12.3. The van der Waals surface area contributed by atoms with E-state index in [-0.39, 0.29) is 12.1 Å². The molecule has 0 amide bonds. The quantitative estimate of drug-likeness (QED) is 0.775. The summed E-state index contributed by atoms with van der Waals surface area (Å²) < 4.78 is 15.6. The highest BCUT2D eigenvalue weighted by atomic mass is 16.6. The highest BCUT2D eigenvalue weighted by molar-refractivity contribution is 6.01. The molecule has 0 unspecified atom stereocenters. The number of carbonyl (C=O) groups is 1. The molecule has 6 heteroatoms. The Balaban J connectivity index is 1.66. The molecular formula is C18H23NO5. The smallest absolute Gasteiger partial charge is 0.312 e. The van der Waals surface area contributed by atoms with Crippen molar-refractivity contribution in [2.45, 2.75) is 31.8 Å². The van der Waals surface area contributed by atoms with Crippen LogP contribution in [0.5, 0.6) is 5.75 Å². The van der Waals surface area contributed by atoms with Crippen molar-refractivity contribution in [3.8, 4) is 5.75 Å². The van der Waals surface area contributed by atoms with Crippen molar-refractivity contribution in [2.24, 2.45) is 10.6 Å². The first-order chi connectivity index (χ1) is 11.7. The molecule has 1 aromatic rings. The van der Waals surface area contributed by atoms with Gasteiger partial charge in [-0.1, -0.05) is 5.16 Å². The Hall–Kier alpha value is -2.08. The molecule has 0 spiro atoms. The third-order valence-electron chi connectivity index (χ3n) is 4.84. The van der Waals surface area contributed by atoms with Crippen LogP contribution in [0.3, 0.4) is 0 Å². The summed E-state index contributed by atoms with van der Waals surface area (Å²) in [5, 5.41) is 4.22. The van der Waals surface area contributed by atoms with Gasteiger partial charge in [-0.05, 0) is 42.7 Å². The van der Waals surface area contributed by atoms with Crippen molar-refractivity contribution >= 4 is 11.7 Å². The molecular weight excluding hydrogens is 310 g/mol. The van der Waals surface area contributed by atoms with Gasteiger partial charge in [0, 0.05) is 26.1 Å². The molecule has 6 nitrogen and oxygen atoms in total. The van der Waals surface area contributed by atoms with Crippen LogP contribution in [-0.2, 0) is 19.1 Å². The minimum absolute atomic E-state index is 0.112. The molecule has 0 aromatic heterocycles. The molecule has 2 heterocycles. The Bertz CT molecular complexity index is 604. The fourth-order valence-electron chi connectivity index (χ4n) is 3.40. The molecule has 130 valence electrons. The van der Waals surface area contributed by atoms with Crippen molar-refractivity contribution in [3.05, 3.63) is 29.8 Å². The Labute approximate surface area is 141 Å². The van der Waals surface area contributed by atoms with E-state index in [1.54, 1.807) is 7.11 Å². The number of rotatable bonds is 5. The second-order valence-corrected chi connectivity index (χ2v) is 6.29. The van der Waals surface area contributed by atoms with Crippen LogP contribution in [-0.4, -0.2) is 45.2 Å². The summed E-state index contributed by atoms with van der Waals surface area (Å²) in [6, 6.07) is 7.74. The van der Waals surface area contributed by atoms with Gasteiger partial charge in [-0.2, -0.15) is 0 Å². The van der Waals surface area contributed by atoms with Gasteiger partial charge in [0.15, 0.2) is 0 Å². The molecule has 24 heavy (non-hydrogen) atoms. The average molecular weight is 333 g/mol. The van der Waals surface area contributed by atoms with E-state index in [2.05, 4.69) is 5.16 Å². The van der Waals surface area contributed by atoms with Crippen LogP contribution in [0.4, 0.5) is 0 Å². The fourth-order valence-corrected chi connectivity index (χ4v) is 3.40. The number of oxime groups is 1. The molecule has 1 aromatic carbocycles. The lowest BCUT2D eigenvalue weighted by Gasteiger charge is -2.35. The van der Waals surface area contributed by atoms with E-state index in [4.69, 9.17) is 19.0 Å². The van der Waals surface area contributed by atoms with Gasteiger partial charge >= 0.3 is 5.97 Å². The minimum atomic E-state index is -0.525. The summed E-state index contributed by atoms with van der Waals surface area (Å²) in [5.74, 6) is 0.633. The molecule has 0 radical (unpaired) electrons. The van der Waals surface area contributed by atoms with Crippen LogP contribution < -0.4 is 4.74 Å². The van der Waals surface area contributed by atoms with Crippen LogP contribution >= 0.6 is 0 Å². The maximum Gasteiger partial charge on any atom is 0.312 e. The van der Waals surface area contributed by atoms with E-state index in [1.807, 2.05) is 24.3 Å². The van der Waals surface area contributed by atoms with Crippen LogP contribution in [0, 0.1) is 5.41 Å². The second-order valence-electron chi connectivity index (χ2n) is 6.29. The Morgan fingerprint density at radius 3 is 2.58 bits per heavy atom. The summed E-state index contributed by atoms with van der Waals surface area (Å²) in [6.07, 6.45) is 2.51. The van der Waals surface area contributed by atoms with Gasteiger partial charge in [0.05, 0.1) is 25.3 Å². The summed E-state index contributed by atoms with van der Waals surface area (Å²) in [4.78, 5) is 17.9. The summed E-state index contributed by atoms with van der Waals surface area (Å²) >= 11 is 0. The zero-order valence-electron chi connectivity index (χ0n) is 14.1. The SMILES string of the molecule is COC(=O)C1(C[C@H]2CC(c3ccc(OC)cc3)=NO2)CCOCC1. The number of carbonyl (C=O) groups excluding carboxylic acids is 1. The van der Waals surface area contributed by atoms with E-state index in [1.165, 1.54) is 7.11 Å². The zero-order chi connectivity index (χ0) is 17.0. The molecule has 0 bridgehead atoms. The third kappa shape index (κ3) is 3.38. The second kappa shape index (κ2) is 7.21. The molecule has 2 aliphatic heterocycles. The molecule has 1 saturated heterocycles. The number of methoxy groups -OCH3 is 2. The van der Waals surface area contributed by atoms with Crippen molar-refractivity contribution < 1.29 is 23.8 Å². The highest BCUT2D eigenvalue weighted by Crippen LogP contribution is 2.39. The van der Waals surface area contributed by atoms with E-state index in [0.717, 1.165) is 17.0 Å². The van der Waals surface area contributed by atoms with Crippen LogP contribution in [0.1, 0.15) is 31.2 Å². The third-order valence-corrected chi connectivity index (χ3v) is 4.84. The number of esters is 1. The molecule has 0 saturated carbocycles. The Morgan fingerprint density at radius 2 is 1.96 bits per heavy atom. The van der Waals surface area contributed by atoms with Gasteiger partial charge in [-0.3, -0.25) is 4.79 Å². The zero-order valence-corrected chi connectivity index (χ0v) is 14.1. The standard InChI is InChI=1S/C18H23NO5/c1-21-14-5-3-13(4-6-14)16-11-15(24-19-16)12-18(17(20)22-2)7-9-23-10-8-18/h3-6,15H,7-12H2,1-2H3/t15-/m1/s1. The molecule has 2 aliphatic rings. The summed E-state index contributed by atoms with van der Waals surface area (Å²) in [7, 11) is 3.08. The van der Waals surface area contributed by atoms with Crippen LogP contribution in [0.15, 0.2) is 29.4 Å². The van der Waals surface area contributed by atoms with E-state index < -0.39 is 5.41 Å². The maximum absolute atomic E-state index is 12.3. The summed E-state index contributed by atoms with van der Waals surface area (Å²) in [5.41, 5.74) is 1.38. The van der Waals surface area contributed by atoms with Crippen LogP contribution in [0.2, 0.25) is 0 Å². The van der Waals surface area contributed by atoms with Crippen molar-refractivity contribution in [1.82, 2.24) is 0 Å². The van der Waals surface area contributed by atoms with E-state index in [9.17, 15) is 4.79 Å². The molecule has 1 atom stereocenters.